The lowest BCUT2D eigenvalue weighted by Crippen LogP contribution is -2.46. The fourth-order valence-electron chi connectivity index (χ4n) is 2.45. The normalized spacial score (nSPS) is 15.4. The van der Waals surface area contributed by atoms with E-state index in [9.17, 15) is 9.59 Å². The van der Waals surface area contributed by atoms with Gasteiger partial charge in [-0.2, -0.15) is 5.26 Å². The highest BCUT2D eigenvalue weighted by atomic mass is 79.9. The average molecular weight is 376 g/mol. The van der Waals surface area contributed by atoms with Crippen LogP contribution in [0.4, 0.5) is 0 Å². The van der Waals surface area contributed by atoms with Crippen molar-refractivity contribution in [2.45, 2.75) is 25.3 Å². The number of nitrogens with one attached hydrogen (secondary N) is 1. The van der Waals surface area contributed by atoms with Crippen molar-refractivity contribution in [2.75, 3.05) is 13.1 Å². The Morgan fingerprint density at radius 3 is 2.57 bits per heavy atom. The Morgan fingerprint density at radius 2 is 1.96 bits per heavy atom. The number of hydrogen-bond acceptors (Lipinski definition) is 3. The number of hydrogen-bond donors (Lipinski definition) is 1. The summed E-state index contributed by atoms with van der Waals surface area (Å²) < 4.78 is 0.997. The molecule has 0 aromatic heterocycles. The number of carbonyl (C=O) groups is 2. The van der Waals surface area contributed by atoms with Crippen LogP contribution in [0, 0.1) is 11.3 Å². The highest BCUT2D eigenvalue weighted by molar-refractivity contribution is 9.10. The van der Waals surface area contributed by atoms with Gasteiger partial charge in [0.25, 0.3) is 0 Å². The Balaban J connectivity index is 1.77. The van der Waals surface area contributed by atoms with E-state index in [1.54, 1.807) is 11.0 Å². The van der Waals surface area contributed by atoms with Gasteiger partial charge in [-0.15, -0.1) is 0 Å². The van der Waals surface area contributed by atoms with Crippen molar-refractivity contribution in [2.24, 2.45) is 0 Å². The van der Waals surface area contributed by atoms with Crippen molar-refractivity contribution in [1.29, 1.82) is 5.26 Å². The van der Waals surface area contributed by atoms with E-state index >= 15 is 0 Å². The van der Waals surface area contributed by atoms with E-state index in [4.69, 9.17) is 5.26 Å². The Hall–Kier alpha value is -2.13. The molecule has 1 aliphatic heterocycles. The molecular weight excluding hydrogens is 358 g/mol. The first-order valence-electron chi connectivity index (χ1n) is 7.47. The smallest absolute Gasteiger partial charge is 0.244 e. The summed E-state index contributed by atoms with van der Waals surface area (Å²) in [5, 5.41) is 11.5. The van der Waals surface area contributed by atoms with Gasteiger partial charge in [0.05, 0.1) is 6.07 Å². The molecule has 1 aromatic carbocycles. The number of carbonyl (C=O) groups excluding carboxylic acids is 2. The molecule has 0 bridgehead atoms. The van der Waals surface area contributed by atoms with Crippen LogP contribution in [-0.4, -0.2) is 35.8 Å². The van der Waals surface area contributed by atoms with Crippen molar-refractivity contribution in [3.8, 4) is 6.07 Å². The summed E-state index contributed by atoms with van der Waals surface area (Å²) in [4.78, 5) is 25.2. The van der Waals surface area contributed by atoms with Crippen molar-refractivity contribution in [3.05, 3.63) is 40.4 Å². The maximum atomic E-state index is 11.9. The van der Waals surface area contributed by atoms with Crippen LogP contribution in [0.5, 0.6) is 0 Å². The van der Waals surface area contributed by atoms with E-state index in [1.807, 2.05) is 30.3 Å². The molecule has 1 heterocycles. The lowest BCUT2D eigenvalue weighted by Gasteiger charge is -2.31. The van der Waals surface area contributed by atoms with Gasteiger partial charge in [0, 0.05) is 29.7 Å². The molecule has 0 spiro atoms. The van der Waals surface area contributed by atoms with Gasteiger partial charge < -0.3 is 10.2 Å². The summed E-state index contributed by atoms with van der Waals surface area (Å²) in [5.74, 6) is -0.262. The van der Waals surface area contributed by atoms with Crippen LogP contribution < -0.4 is 5.32 Å². The minimum absolute atomic E-state index is 0.0724. The Kier molecular flexibility index (Phi) is 6.36. The fourth-order valence-corrected chi connectivity index (χ4v) is 2.71. The molecule has 0 aliphatic carbocycles. The number of rotatable bonds is 4. The van der Waals surface area contributed by atoms with Crippen molar-refractivity contribution < 1.29 is 9.59 Å². The quantitative estimate of drug-likeness (QED) is 0.821. The van der Waals surface area contributed by atoms with Crippen LogP contribution in [0.25, 0.3) is 6.08 Å². The van der Waals surface area contributed by atoms with E-state index in [0.29, 0.717) is 13.1 Å². The van der Waals surface area contributed by atoms with Gasteiger partial charge in [0.1, 0.15) is 6.42 Å². The molecule has 23 heavy (non-hydrogen) atoms. The summed E-state index contributed by atoms with van der Waals surface area (Å²) in [6.07, 6.45) is 4.65. The van der Waals surface area contributed by atoms with Crippen LogP contribution in [0.15, 0.2) is 34.8 Å². The minimum atomic E-state index is -0.132. The molecule has 1 N–H and O–H groups in total. The molecule has 0 unspecified atom stereocenters. The molecule has 1 aromatic rings. The third-order valence-corrected chi connectivity index (χ3v) is 4.25. The maximum Gasteiger partial charge on any atom is 0.244 e. The molecular formula is C17H18BrN3O2. The first kappa shape index (κ1) is 17.2. The summed E-state index contributed by atoms with van der Waals surface area (Å²) in [7, 11) is 0. The van der Waals surface area contributed by atoms with E-state index in [0.717, 1.165) is 22.9 Å². The van der Waals surface area contributed by atoms with Crippen LogP contribution in [0.2, 0.25) is 0 Å². The van der Waals surface area contributed by atoms with Gasteiger partial charge >= 0.3 is 0 Å². The SMILES string of the molecule is N#CCC(=O)N1CCC(NC(=O)/C=C/c2ccc(Br)cc2)CC1. The second-order valence-corrected chi connectivity index (χ2v) is 6.30. The first-order valence-corrected chi connectivity index (χ1v) is 8.26. The van der Waals surface area contributed by atoms with E-state index < -0.39 is 0 Å². The van der Waals surface area contributed by atoms with E-state index in [1.165, 1.54) is 6.08 Å². The van der Waals surface area contributed by atoms with Gasteiger partial charge in [-0.1, -0.05) is 28.1 Å². The molecule has 0 radical (unpaired) electrons. The van der Waals surface area contributed by atoms with Crippen molar-refractivity contribution in [3.63, 3.8) is 0 Å². The van der Waals surface area contributed by atoms with Crippen LogP contribution in [-0.2, 0) is 9.59 Å². The molecule has 0 atom stereocenters. The minimum Gasteiger partial charge on any atom is -0.350 e. The largest absolute Gasteiger partial charge is 0.350 e. The highest BCUT2D eigenvalue weighted by Crippen LogP contribution is 2.13. The second kappa shape index (κ2) is 8.49. The summed E-state index contributed by atoms with van der Waals surface area (Å²) in [5.41, 5.74) is 0.959. The number of nitriles is 1. The van der Waals surface area contributed by atoms with Crippen molar-refractivity contribution >= 4 is 33.8 Å². The molecule has 6 heteroatoms. The number of halogens is 1. The number of nitrogens with zero attached hydrogens (tertiary/aromatic N) is 2. The van der Waals surface area contributed by atoms with Gasteiger partial charge in [-0.05, 0) is 36.6 Å². The number of piperidine rings is 1. The number of likely N-dealkylation sites (tertiary alicyclic amines) is 1. The highest BCUT2D eigenvalue weighted by Gasteiger charge is 2.22. The Bertz CT molecular complexity index is 626. The summed E-state index contributed by atoms with van der Waals surface area (Å²) >= 11 is 3.37. The van der Waals surface area contributed by atoms with Crippen LogP contribution >= 0.6 is 15.9 Å². The Morgan fingerprint density at radius 1 is 1.30 bits per heavy atom. The topological polar surface area (TPSA) is 73.2 Å². The summed E-state index contributed by atoms with van der Waals surface area (Å²) in [6.45, 7) is 1.17. The molecule has 1 saturated heterocycles. The second-order valence-electron chi connectivity index (χ2n) is 5.38. The van der Waals surface area contributed by atoms with Gasteiger partial charge in [0.2, 0.25) is 11.8 Å². The fraction of sp³-hybridized carbons (Fsp3) is 0.353. The lowest BCUT2D eigenvalue weighted by atomic mass is 10.0. The molecule has 1 aliphatic rings. The Labute approximate surface area is 144 Å². The third kappa shape index (κ3) is 5.53. The number of amides is 2. The van der Waals surface area contributed by atoms with E-state index in [-0.39, 0.29) is 24.3 Å². The van der Waals surface area contributed by atoms with Crippen LogP contribution in [0.3, 0.4) is 0 Å². The molecule has 2 rings (SSSR count). The molecule has 1 fully saturated rings. The zero-order chi connectivity index (χ0) is 16.7. The molecule has 5 nitrogen and oxygen atoms in total. The molecule has 0 saturated carbocycles. The van der Waals surface area contributed by atoms with Gasteiger partial charge in [-0.3, -0.25) is 9.59 Å². The predicted octanol–water partition coefficient (Wildman–Crippen LogP) is 2.48. The zero-order valence-corrected chi connectivity index (χ0v) is 14.3. The van der Waals surface area contributed by atoms with Gasteiger partial charge in [0.15, 0.2) is 0 Å². The number of benzene rings is 1. The third-order valence-electron chi connectivity index (χ3n) is 3.72. The van der Waals surface area contributed by atoms with Crippen molar-refractivity contribution in [1.82, 2.24) is 10.2 Å². The first-order chi connectivity index (χ1) is 11.1. The average Bonchev–Trinajstić information content (AvgIpc) is 2.55. The van der Waals surface area contributed by atoms with Gasteiger partial charge in [-0.25, -0.2) is 0 Å². The predicted molar refractivity (Wildman–Crippen MR) is 91.2 cm³/mol. The summed E-state index contributed by atoms with van der Waals surface area (Å²) in [6, 6.07) is 9.64. The molecule has 120 valence electrons. The molecule has 2 amide bonds. The van der Waals surface area contributed by atoms with E-state index in [2.05, 4.69) is 21.2 Å². The lowest BCUT2D eigenvalue weighted by molar-refractivity contribution is -0.131. The van der Waals surface area contributed by atoms with Crippen LogP contribution in [0.1, 0.15) is 24.8 Å². The monoisotopic (exact) mass is 375 g/mol. The maximum absolute atomic E-state index is 11.9. The standard InChI is InChI=1S/C17H18BrN3O2/c18-14-4-1-13(2-5-14)3-6-16(22)20-15-8-11-21(12-9-15)17(23)7-10-19/h1-6,15H,7-9,11-12H2,(H,20,22)/b6-3+. The zero-order valence-electron chi connectivity index (χ0n) is 12.7.